The zero-order valence-electron chi connectivity index (χ0n) is 12.2. The highest BCUT2D eigenvalue weighted by atomic mass is 16.2. The maximum absolute atomic E-state index is 12.6. The van der Waals surface area contributed by atoms with Gasteiger partial charge in [0.05, 0.1) is 11.8 Å². The minimum absolute atomic E-state index is 0.107. The van der Waals surface area contributed by atoms with Crippen molar-refractivity contribution in [2.45, 2.75) is 5.92 Å². The molecular weight excluding hydrogens is 274 g/mol. The van der Waals surface area contributed by atoms with E-state index in [0.29, 0.717) is 0 Å². The molecule has 0 bridgehead atoms. The first-order chi connectivity index (χ1) is 10.7. The van der Waals surface area contributed by atoms with Gasteiger partial charge in [-0.1, -0.05) is 60.7 Å². The van der Waals surface area contributed by atoms with Gasteiger partial charge < -0.3 is 0 Å². The quantitative estimate of drug-likeness (QED) is 0.757. The average molecular weight is 289 g/mol. The van der Waals surface area contributed by atoms with Crippen LogP contribution in [0.4, 0.5) is 0 Å². The molecule has 0 saturated carbocycles. The molecule has 1 aliphatic heterocycles. The van der Waals surface area contributed by atoms with Crippen molar-refractivity contribution in [3.8, 4) is 0 Å². The SMILES string of the molecule is CN1C(=O)[C@H]2C(c3ccccc3)=Cc3ccccc3[C@H]2C1=O. The zero-order chi connectivity index (χ0) is 15.3. The lowest BCUT2D eigenvalue weighted by molar-refractivity contribution is -0.137. The smallest absolute Gasteiger partial charge is 0.237 e. The number of carbonyl (C=O) groups excluding carboxylic acids is 2. The Kier molecular flexibility index (Phi) is 2.76. The molecule has 1 heterocycles. The second-order valence-electron chi connectivity index (χ2n) is 5.79. The summed E-state index contributed by atoms with van der Waals surface area (Å²) < 4.78 is 0. The fraction of sp³-hybridized carbons (Fsp3) is 0.158. The van der Waals surface area contributed by atoms with Crippen molar-refractivity contribution in [3.63, 3.8) is 0 Å². The number of carbonyl (C=O) groups is 2. The monoisotopic (exact) mass is 289 g/mol. The molecule has 22 heavy (non-hydrogen) atoms. The number of likely N-dealkylation sites (N-methyl/N-ethyl adjacent to an activating group) is 1. The van der Waals surface area contributed by atoms with Crippen LogP contribution in [-0.4, -0.2) is 23.8 Å². The maximum atomic E-state index is 12.6. The summed E-state index contributed by atoms with van der Waals surface area (Å²) in [7, 11) is 1.58. The van der Waals surface area contributed by atoms with E-state index in [2.05, 4.69) is 6.08 Å². The summed E-state index contributed by atoms with van der Waals surface area (Å²) in [5, 5.41) is 0. The van der Waals surface area contributed by atoms with E-state index in [4.69, 9.17) is 0 Å². The molecule has 108 valence electrons. The van der Waals surface area contributed by atoms with Crippen LogP contribution in [0.5, 0.6) is 0 Å². The van der Waals surface area contributed by atoms with E-state index < -0.39 is 11.8 Å². The molecule has 0 aromatic heterocycles. The van der Waals surface area contributed by atoms with Gasteiger partial charge in [0.1, 0.15) is 0 Å². The Labute approximate surface area is 128 Å². The van der Waals surface area contributed by atoms with Crippen molar-refractivity contribution >= 4 is 23.5 Å². The molecule has 3 nitrogen and oxygen atoms in total. The Bertz CT molecular complexity index is 807. The molecule has 1 fully saturated rings. The minimum atomic E-state index is -0.408. The highest BCUT2D eigenvalue weighted by Crippen LogP contribution is 2.47. The van der Waals surface area contributed by atoms with Crippen LogP contribution in [0.15, 0.2) is 54.6 Å². The van der Waals surface area contributed by atoms with Gasteiger partial charge in [-0.05, 0) is 22.3 Å². The van der Waals surface area contributed by atoms with Crippen LogP contribution >= 0.6 is 0 Å². The summed E-state index contributed by atoms with van der Waals surface area (Å²) in [4.78, 5) is 26.4. The summed E-state index contributed by atoms with van der Waals surface area (Å²) in [6.45, 7) is 0. The number of fused-ring (bicyclic) bond motifs is 3. The van der Waals surface area contributed by atoms with Crippen molar-refractivity contribution < 1.29 is 9.59 Å². The van der Waals surface area contributed by atoms with E-state index in [-0.39, 0.29) is 11.8 Å². The molecule has 2 aromatic rings. The van der Waals surface area contributed by atoms with Crippen molar-refractivity contribution in [2.24, 2.45) is 5.92 Å². The predicted octanol–water partition coefficient (Wildman–Crippen LogP) is 2.94. The van der Waals surface area contributed by atoms with E-state index in [1.807, 2.05) is 54.6 Å². The van der Waals surface area contributed by atoms with E-state index >= 15 is 0 Å². The molecule has 4 rings (SSSR count). The van der Waals surface area contributed by atoms with Gasteiger partial charge >= 0.3 is 0 Å². The van der Waals surface area contributed by atoms with Crippen LogP contribution in [0.3, 0.4) is 0 Å². The van der Waals surface area contributed by atoms with Crippen molar-refractivity contribution in [1.29, 1.82) is 0 Å². The lowest BCUT2D eigenvalue weighted by Crippen LogP contribution is -2.26. The van der Waals surface area contributed by atoms with Crippen LogP contribution in [0.2, 0.25) is 0 Å². The van der Waals surface area contributed by atoms with Crippen molar-refractivity contribution in [1.82, 2.24) is 4.90 Å². The number of likely N-dealkylation sites (tertiary alicyclic amines) is 1. The second-order valence-corrected chi connectivity index (χ2v) is 5.79. The summed E-state index contributed by atoms with van der Waals surface area (Å²) in [6, 6.07) is 17.7. The highest BCUT2D eigenvalue weighted by Gasteiger charge is 2.50. The van der Waals surface area contributed by atoms with Crippen molar-refractivity contribution in [3.05, 3.63) is 71.3 Å². The molecule has 0 spiro atoms. The summed E-state index contributed by atoms with van der Waals surface area (Å²) in [6.07, 6.45) is 2.05. The minimum Gasteiger partial charge on any atom is -0.285 e. The maximum Gasteiger partial charge on any atom is 0.237 e. The van der Waals surface area contributed by atoms with Gasteiger partial charge in [-0.25, -0.2) is 0 Å². The number of benzene rings is 2. The lowest BCUT2D eigenvalue weighted by atomic mass is 9.74. The molecule has 2 aliphatic rings. The topological polar surface area (TPSA) is 37.4 Å². The van der Waals surface area contributed by atoms with Crippen LogP contribution in [0, 0.1) is 5.92 Å². The number of imide groups is 1. The largest absolute Gasteiger partial charge is 0.285 e. The van der Waals surface area contributed by atoms with Gasteiger partial charge in [0, 0.05) is 7.05 Å². The Morgan fingerprint density at radius 3 is 2.23 bits per heavy atom. The molecule has 1 aliphatic carbocycles. The van der Waals surface area contributed by atoms with Crippen LogP contribution in [0.25, 0.3) is 11.6 Å². The Balaban J connectivity index is 1.97. The molecular formula is C19H15NO2. The molecule has 2 amide bonds. The van der Waals surface area contributed by atoms with Crippen LogP contribution < -0.4 is 0 Å². The fourth-order valence-corrected chi connectivity index (χ4v) is 3.51. The third-order valence-electron chi connectivity index (χ3n) is 4.61. The molecule has 1 saturated heterocycles. The second kappa shape index (κ2) is 4.67. The summed E-state index contributed by atoms with van der Waals surface area (Å²) in [5.41, 5.74) is 3.92. The van der Waals surface area contributed by atoms with Crippen LogP contribution in [-0.2, 0) is 9.59 Å². The van der Waals surface area contributed by atoms with Gasteiger partial charge in [-0.3, -0.25) is 14.5 Å². The first-order valence-electron chi connectivity index (χ1n) is 7.36. The van der Waals surface area contributed by atoms with Crippen molar-refractivity contribution in [2.75, 3.05) is 7.05 Å². The molecule has 2 atom stereocenters. The summed E-state index contributed by atoms with van der Waals surface area (Å²) >= 11 is 0. The van der Waals surface area contributed by atoms with E-state index in [1.165, 1.54) is 4.90 Å². The number of nitrogens with zero attached hydrogens (tertiary/aromatic N) is 1. The molecule has 2 aromatic carbocycles. The highest BCUT2D eigenvalue weighted by molar-refractivity contribution is 6.15. The Hall–Kier alpha value is -2.68. The van der Waals surface area contributed by atoms with Gasteiger partial charge in [0.2, 0.25) is 11.8 Å². The van der Waals surface area contributed by atoms with Gasteiger partial charge in [-0.15, -0.1) is 0 Å². The molecule has 0 unspecified atom stereocenters. The number of hydrogen-bond donors (Lipinski definition) is 0. The molecule has 0 N–H and O–H groups in total. The van der Waals surface area contributed by atoms with E-state index in [0.717, 1.165) is 22.3 Å². The normalized spacial score (nSPS) is 23.1. The third kappa shape index (κ3) is 1.69. The third-order valence-corrected chi connectivity index (χ3v) is 4.61. The summed E-state index contributed by atoms with van der Waals surface area (Å²) in [5.74, 6) is -1.02. The fourth-order valence-electron chi connectivity index (χ4n) is 3.51. The average Bonchev–Trinajstić information content (AvgIpc) is 2.80. The van der Waals surface area contributed by atoms with Gasteiger partial charge in [0.15, 0.2) is 0 Å². The zero-order valence-corrected chi connectivity index (χ0v) is 12.2. The first kappa shape index (κ1) is 13.0. The van der Waals surface area contributed by atoms with E-state index in [9.17, 15) is 9.59 Å². The standard InChI is InChI=1S/C19H15NO2/c1-20-18(21)16-14-10-6-5-9-13(14)11-15(17(16)19(20)22)12-7-3-2-4-8-12/h2-11,16-17H,1H3/t16-,17+/m1/s1. The Morgan fingerprint density at radius 1 is 0.818 bits per heavy atom. The number of rotatable bonds is 1. The number of amides is 2. The van der Waals surface area contributed by atoms with Gasteiger partial charge in [0.25, 0.3) is 0 Å². The molecule has 0 radical (unpaired) electrons. The van der Waals surface area contributed by atoms with E-state index in [1.54, 1.807) is 7.05 Å². The van der Waals surface area contributed by atoms with Crippen LogP contribution in [0.1, 0.15) is 22.6 Å². The Morgan fingerprint density at radius 2 is 1.45 bits per heavy atom. The predicted molar refractivity (Wildman–Crippen MR) is 84.8 cm³/mol. The number of hydrogen-bond acceptors (Lipinski definition) is 2. The lowest BCUT2D eigenvalue weighted by Gasteiger charge is -2.26. The molecule has 3 heteroatoms. The first-order valence-corrected chi connectivity index (χ1v) is 7.36. The van der Waals surface area contributed by atoms with Gasteiger partial charge in [-0.2, -0.15) is 0 Å².